The number of amides is 1. The molecule has 31 heavy (non-hydrogen) atoms. The van der Waals surface area contributed by atoms with Gasteiger partial charge in [-0.05, 0) is 69.4 Å². The van der Waals surface area contributed by atoms with Crippen molar-refractivity contribution in [3.8, 4) is 0 Å². The summed E-state index contributed by atoms with van der Waals surface area (Å²) < 4.78 is 34.6. The second kappa shape index (κ2) is 9.54. The summed E-state index contributed by atoms with van der Waals surface area (Å²) in [6, 6.07) is 9.90. The van der Waals surface area contributed by atoms with E-state index in [1.54, 1.807) is 37.8 Å². The van der Waals surface area contributed by atoms with Crippen LogP contribution in [0.25, 0.3) is 0 Å². The Morgan fingerprint density at radius 1 is 1.06 bits per heavy atom. The van der Waals surface area contributed by atoms with E-state index in [9.17, 15) is 13.6 Å². The molecule has 3 rings (SSSR count). The molecular formula is C24H31F2N3O2. The second-order valence-electron chi connectivity index (χ2n) is 9.14. The zero-order valence-corrected chi connectivity index (χ0v) is 18.6. The highest BCUT2D eigenvalue weighted by atomic mass is 19.1. The van der Waals surface area contributed by atoms with Crippen molar-refractivity contribution in [3.63, 3.8) is 0 Å². The Balaban J connectivity index is 1.60. The lowest BCUT2D eigenvalue weighted by atomic mass is 9.98. The summed E-state index contributed by atoms with van der Waals surface area (Å²) in [4.78, 5) is 13.5. The predicted molar refractivity (Wildman–Crippen MR) is 120 cm³/mol. The van der Waals surface area contributed by atoms with Crippen molar-refractivity contribution in [3.05, 3.63) is 53.6 Å². The molecule has 0 spiro atoms. The molecule has 1 fully saturated rings. The van der Waals surface area contributed by atoms with Crippen LogP contribution in [-0.4, -0.2) is 24.8 Å². The fourth-order valence-corrected chi connectivity index (χ4v) is 3.53. The van der Waals surface area contributed by atoms with Crippen LogP contribution in [0.3, 0.4) is 0 Å². The average Bonchev–Trinajstić information content (AvgIpc) is 2.67. The third-order valence-corrected chi connectivity index (χ3v) is 5.20. The van der Waals surface area contributed by atoms with Gasteiger partial charge in [0.05, 0.1) is 0 Å². The molecule has 0 radical (unpaired) electrons. The molecule has 1 heterocycles. The summed E-state index contributed by atoms with van der Waals surface area (Å²) in [6.07, 6.45) is 1.39. The molecule has 5 nitrogen and oxygen atoms in total. The summed E-state index contributed by atoms with van der Waals surface area (Å²) in [7, 11) is 0. The van der Waals surface area contributed by atoms with Gasteiger partial charge in [-0.1, -0.05) is 19.1 Å². The number of halogens is 2. The van der Waals surface area contributed by atoms with E-state index in [2.05, 4.69) is 17.6 Å². The quantitative estimate of drug-likeness (QED) is 0.612. The Morgan fingerprint density at radius 3 is 2.19 bits per heavy atom. The fourth-order valence-electron chi connectivity index (χ4n) is 3.53. The second-order valence-corrected chi connectivity index (χ2v) is 9.14. The molecule has 7 heteroatoms. The van der Waals surface area contributed by atoms with E-state index >= 15 is 0 Å². The van der Waals surface area contributed by atoms with Gasteiger partial charge in [0.1, 0.15) is 11.3 Å². The third-order valence-electron chi connectivity index (χ3n) is 5.20. The van der Waals surface area contributed by atoms with Crippen molar-refractivity contribution in [2.45, 2.75) is 52.7 Å². The van der Waals surface area contributed by atoms with Gasteiger partial charge in [-0.3, -0.25) is 0 Å². The number of ether oxygens (including phenoxy) is 1. The molecule has 0 atom stereocenters. The summed E-state index contributed by atoms with van der Waals surface area (Å²) >= 11 is 0. The Hall–Kier alpha value is -2.83. The molecule has 1 amide bonds. The number of nitrogens with one attached hydrogen (secondary N) is 2. The van der Waals surface area contributed by atoms with Crippen molar-refractivity contribution in [1.29, 1.82) is 0 Å². The Labute approximate surface area is 182 Å². The van der Waals surface area contributed by atoms with Crippen LogP contribution in [0.2, 0.25) is 0 Å². The van der Waals surface area contributed by atoms with Gasteiger partial charge in [-0.25, -0.2) is 13.6 Å². The van der Waals surface area contributed by atoms with Crippen LogP contribution < -0.4 is 15.5 Å². The van der Waals surface area contributed by atoms with Crippen molar-refractivity contribution in [2.24, 2.45) is 5.92 Å². The van der Waals surface area contributed by atoms with Crippen LogP contribution in [0, 0.1) is 17.6 Å². The van der Waals surface area contributed by atoms with Gasteiger partial charge in [0, 0.05) is 31.0 Å². The molecule has 1 saturated heterocycles. The van der Waals surface area contributed by atoms with Crippen molar-refractivity contribution >= 4 is 23.2 Å². The summed E-state index contributed by atoms with van der Waals surface area (Å²) in [5.41, 5.74) is 1.43. The first-order valence-electron chi connectivity index (χ1n) is 10.7. The fraction of sp³-hybridized carbons (Fsp3) is 0.458. The van der Waals surface area contributed by atoms with E-state index in [1.165, 1.54) is 12.1 Å². The average molecular weight is 432 g/mol. The van der Waals surface area contributed by atoms with Gasteiger partial charge in [0.2, 0.25) is 0 Å². The maximum Gasteiger partial charge on any atom is 0.407 e. The Bertz CT molecular complexity index is 879. The number of rotatable bonds is 5. The van der Waals surface area contributed by atoms with E-state index in [-0.39, 0.29) is 5.69 Å². The monoisotopic (exact) mass is 431 g/mol. The van der Waals surface area contributed by atoms with Crippen LogP contribution in [-0.2, 0) is 11.3 Å². The van der Waals surface area contributed by atoms with Crippen molar-refractivity contribution < 1.29 is 18.3 Å². The molecule has 2 aromatic rings. The van der Waals surface area contributed by atoms with Gasteiger partial charge in [-0.2, -0.15) is 0 Å². The van der Waals surface area contributed by atoms with E-state index in [4.69, 9.17) is 4.74 Å². The highest BCUT2D eigenvalue weighted by Gasteiger charge is 2.22. The Kier molecular flexibility index (Phi) is 7.03. The lowest BCUT2D eigenvalue weighted by molar-refractivity contribution is 0.0523. The van der Waals surface area contributed by atoms with Crippen LogP contribution in [0.5, 0.6) is 0 Å². The summed E-state index contributed by atoms with van der Waals surface area (Å²) in [5.74, 6) is -0.531. The number of anilines is 3. The van der Waals surface area contributed by atoms with Crippen molar-refractivity contribution in [1.82, 2.24) is 5.32 Å². The van der Waals surface area contributed by atoms with Crippen LogP contribution in [0.4, 0.5) is 30.6 Å². The van der Waals surface area contributed by atoms with Gasteiger partial charge in [0.25, 0.3) is 0 Å². The van der Waals surface area contributed by atoms with Gasteiger partial charge in [0.15, 0.2) is 11.6 Å². The number of hydrogen-bond acceptors (Lipinski definition) is 4. The molecule has 0 aliphatic carbocycles. The first kappa shape index (κ1) is 22.8. The first-order chi connectivity index (χ1) is 14.6. The molecule has 2 N–H and O–H groups in total. The highest BCUT2D eigenvalue weighted by molar-refractivity contribution is 5.68. The van der Waals surface area contributed by atoms with Gasteiger partial charge < -0.3 is 20.3 Å². The molecule has 0 bridgehead atoms. The van der Waals surface area contributed by atoms with E-state index in [0.29, 0.717) is 36.9 Å². The zero-order valence-electron chi connectivity index (χ0n) is 18.6. The number of benzene rings is 2. The standard InChI is InChI=1S/C24H31F2N3O2/c1-16-9-11-29(12-10-16)22-20(25)13-19(14-21(22)26)28-18-7-5-17(6-8-18)15-27-23(30)31-24(2,3)4/h5-8,13-14,16,28H,9-12,15H2,1-4H3,(H,27,30). The number of piperidine rings is 1. The molecule has 0 saturated carbocycles. The minimum absolute atomic E-state index is 0.0565. The SMILES string of the molecule is CC1CCN(c2c(F)cc(Nc3ccc(CNC(=O)OC(C)(C)C)cc3)cc2F)CC1. The Morgan fingerprint density at radius 2 is 1.65 bits per heavy atom. The molecule has 0 unspecified atom stereocenters. The predicted octanol–water partition coefficient (Wildman–Crippen LogP) is 5.97. The summed E-state index contributed by atoms with van der Waals surface area (Å²) in [5, 5.41) is 5.73. The third kappa shape index (κ3) is 6.57. The van der Waals surface area contributed by atoms with Crippen LogP contribution in [0.1, 0.15) is 46.1 Å². The largest absolute Gasteiger partial charge is 0.444 e. The smallest absolute Gasteiger partial charge is 0.407 e. The highest BCUT2D eigenvalue weighted by Crippen LogP contribution is 2.31. The number of carbonyl (C=O) groups is 1. The molecular weight excluding hydrogens is 400 g/mol. The molecule has 1 aliphatic heterocycles. The molecule has 1 aliphatic rings. The van der Waals surface area contributed by atoms with E-state index in [1.807, 2.05) is 12.1 Å². The normalized spacial score (nSPS) is 15.0. The van der Waals surface area contributed by atoms with E-state index < -0.39 is 23.3 Å². The summed E-state index contributed by atoms with van der Waals surface area (Å²) in [6.45, 7) is 9.23. The lowest BCUT2D eigenvalue weighted by Crippen LogP contribution is -2.34. The topological polar surface area (TPSA) is 53.6 Å². The first-order valence-corrected chi connectivity index (χ1v) is 10.7. The number of hydrogen-bond donors (Lipinski definition) is 2. The van der Waals surface area contributed by atoms with Gasteiger partial charge in [-0.15, -0.1) is 0 Å². The molecule has 0 aromatic heterocycles. The molecule has 2 aromatic carbocycles. The van der Waals surface area contributed by atoms with Crippen LogP contribution >= 0.6 is 0 Å². The number of alkyl carbamates (subject to hydrolysis) is 1. The maximum absolute atomic E-state index is 14.7. The van der Waals surface area contributed by atoms with Gasteiger partial charge >= 0.3 is 6.09 Å². The number of carbonyl (C=O) groups excluding carboxylic acids is 1. The lowest BCUT2D eigenvalue weighted by Gasteiger charge is -2.32. The minimum atomic E-state index is -0.560. The molecule has 168 valence electrons. The number of nitrogens with zero attached hydrogens (tertiary/aromatic N) is 1. The van der Waals surface area contributed by atoms with E-state index in [0.717, 1.165) is 18.4 Å². The van der Waals surface area contributed by atoms with Crippen LogP contribution in [0.15, 0.2) is 36.4 Å². The maximum atomic E-state index is 14.7. The minimum Gasteiger partial charge on any atom is -0.444 e. The zero-order chi connectivity index (χ0) is 22.6. The van der Waals surface area contributed by atoms with Crippen molar-refractivity contribution in [2.75, 3.05) is 23.3 Å².